The molecule has 1 aromatic carbocycles. The molecule has 9 heteroatoms. The lowest BCUT2D eigenvalue weighted by Gasteiger charge is -2.11. The number of aromatic nitrogens is 2. The van der Waals surface area contributed by atoms with E-state index in [0.717, 1.165) is 34.8 Å². The minimum atomic E-state index is -0.403. The Balaban J connectivity index is 1.60. The number of carbonyl (C=O) groups is 1. The Labute approximate surface area is 190 Å². The molecule has 0 fully saturated rings. The fourth-order valence-electron chi connectivity index (χ4n) is 2.96. The highest BCUT2D eigenvalue weighted by Crippen LogP contribution is 2.35. The van der Waals surface area contributed by atoms with E-state index in [1.165, 1.54) is 18.4 Å². The molecule has 3 rings (SSSR count). The molecule has 0 aliphatic rings. The van der Waals surface area contributed by atoms with Crippen LogP contribution in [0.4, 0.5) is 5.00 Å². The van der Waals surface area contributed by atoms with Crippen molar-refractivity contribution in [2.75, 3.05) is 19.0 Å². The van der Waals surface area contributed by atoms with Crippen molar-refractivity contribution in [2.45, 2.75) is 26.8 Å². The van der Waals surface area contributed by atoms with Gasteiger partial charge < -0.3 is 15.4 Å². The number of thiocarbonyl (C=S) groups is 1. The van der Waals surface area contributed by atoms with E-state index >= 15 is 0 Å². The van der Waals surface area contributed by atoms with Crippen LogP contribution in [0.3, 0.4) is 0 Å². The lowest BCUT2D eigenvalue weighted by atomic mass is 10.1. The minimum Gasteiger partial charge on any atom is -0.465 e. The molecule has 30 heavy (non-hydrogen) atoms. The molecule has 6 nitrogen and oxygen atoms in total. The Morgan fingerprint density at radius 2 is 2.03 bits per heavy atom. The third-order valence-electron chi connectivity index (χ3n) is 4.55. The number of ether oxygens (including phenoxy) is 1. The van der Waals surface area contributed by atoms with Crippen LogP contribution in [0.15, 0.2) is 36.4 Å². The first-order chi connectivity index (χ1) is 14.4. The predicted octanol–water partition coefficient (Wildman–Crippen LogP) is 5.05. The number of nitrogens with zero attached hydrogens (tertiary/aromatic N) is 2. The van der Waals surface area contributed by atoms with Crippen molar-refractivity contribution in [3.8, 4) is 10.4 Å². The van der Waals surface area contributed by atoms with Gasteiger partial charge >= 0.3 is 5.97 Å². The van der Waals surface area contributed by atoms with Gasteiger partial charge in [-0.2, -0.15) is 5.10 Å². The molecule has 0 atom stereocenters. The lowest BCUT2D eigenvalue weighted by Crippen LogP contribution is -2.30. The molecule has 158 valence electrons. The van der Waals surface area contributed by atoms with E-state index in [4.69, 9.17) is 28.6 Å². The Morgan fingerprint density at radius 1 is 1.30 bits per heavy atom. The van der Waals surface area contributed by atoms with Crippen molar-refractivity contribution < 1.29 is 9.53 Å². The standard InChI is InChI=1S/C21H23ClN4O2S2/c1-13-18(22)14(2)26(25-13)11-7-10-23-21(29)24-19-16(20(27)28-3)12-17(30-19)15-8-5-4-6-9-15/h4-6,8-9,12H,7,10-11H2,1-3H3,(H2,23,24,29). The van der Waals surface area contributed by atoms with E-state index in [1.54, 1.807) is 0 Å². The van der Waals surface area contributed by atoms with E-state index in [-0.39, 0.29) is 0 Å². The second-order valence-electron chi connectivity index (χ2n) is 6.65. The van der Waals surface area contributed by atoms with Gasteiger partial charge in [0, 0.05) is 18.0 Å². The largest absolute Gasteiger partial charge is 0.465 e. The summed E-state index contributed by atoms with van der Waals surface area (Å²) in [7, 11) is 1.37. The number of carbonyl (C=O) groups excluding carboxylic acids is 1. The zero-order valence-electron chi connectivity index (χ0n) is 17.0. The SMILES string of the molecule is COC(=O)c1cc(-c2ccccc2)sc1NC(=S)NCCCn1nc(C)c(Cl)c1C. The molecule has 0 spiro atoms. The van der Waals surface area contributed by atoms with Gasteiger partial charge in [0.05, 0.1) is 29.1 Å². The zero-order valence-corrected chi connectivity index (χ0v) is 19.4. The molecule has 0 bridgehead atoms. The molecule has 0 aliphatic carbocycles. The van der Waals surface area contributed by atoms with Crippen molar-refractivity contribution in [3.05, 3.63) is 58.4 Å². The van der Waals surface area contributed by atoms with Crippen LogP contribution >= 0.6 is 35.2 Å². The Kier molecular flexibility index (Phi) is 7.47. The molecule has 0 saturated heterocycles. The topological polar surface area (TPSA) is 68.2 Å². The molecule has 0 unspecified atom stereocenters. The molecule has 0 radical (unpaired) electrons. The van der Waals surface area contributed by atoms with Crippen LogP contribution in [0.1, 0.15) is 28.2 Å². The maximum atomic E-state index is 12.2. The highest BCUT2D eigenvalue weighted by molar-refractivity contribution is 7.80. The van der Waals surface area contributed by atoms with Crippen molar-refractivity contribution >= 4 is 51.2 Å². The number of halogens is 1. The molecular weight excluding hydrogens is 440 g/mol. The second-order valence-corrected chi connectivity index (χ2v) is 8.49. The number of esters is 1. The van der Waals surface area contributed by atoms with Crippen molar-refractivity contribution in [3.63, 3.8) is 0 Å². The van der Waals surface area contributed by atoms with Gasteiger partial charge in [-0.05, 0) is 44.1 Å². The smallest absolute Gasteiger partial charge is 0.340 e. The van der Waals surface area contributed by atoms with Crippen molar-refractivity contribution in [2.24, 2.45) is 0 Å². The fraction of sp³-hybridized carbons (Fsp3) is 0.286. The molecule has 0 saturated carbocycles. The highest BCUT2D eigenvalue weighted by atomic mass is 35.5. The number of methoxy groups -OCH3 is 1. The third-order valence-corrected chi connectivity index (χ3v) is 6.44. The first kappa shape index (κ1) is 22.3. The van der Waals surface area contributed by atoms with Crippen molar-refractivity contribution in [1.29, 1.82) is 0 Å². The van der Waals surface area contributed by atoms with Gasteiger partial charge in [0.15, 0.2) is 5.11 Å². The van der Waals surface area contributed by atoms with Gasteiger partial charge in [0.2, 0.25) is 0 Å². The summed E-state index contributed by atoms with van der Waals surface area (Å²) in [5, 5.41) is 12.6. The number of rotatable bonds is 7. The van der Waals surface area contributed by atoms with Crippen LogP contribution in [-0.2, 0) is 11.3 Å². The van der Waals surface area contributed by atoms with E-state index in [9.17, 15) is 4.79 Å². The first-order valence-electron chi connectivity index (χ1n) is 9.42. The molecule has 3 aromatic rings. The molecular formula is C21H23ClN4O2S2. The number of thiophene rings is 1. The molecule has 2 aromatic heterocycles. The van der Waals surface area contributed by atoms with E-state index in [0.29, 0.717) is 27.2 Å². The first-order valence-corrected chi connectivity index (χ1v) is 11.0. The summed E-state index contributed by atoms with van der Waals surface area (Å²) in [6.45, 7) is 5.25. The Hall–Kier alpha value is -2.42. The number of hydrogen-bond donors (Lipinski definition) is 2. The zero-order chi connectivity index (χ0) is 21.7. The van der Waals surface area contributed by atoms with Gasteiger partial charge in [-0.25, -0.2) is 4.79 Å². The summed E-state index contributed by atoms with van der Waals surface area (Å²) in [6, 6.07) is 11.7. The van der Waals surface area contributed by atoms with Gasteiger partial charge in [-0.15, -0.1) is 11.3 Å². The molecule has 0 aliphatic heterocycles. The van der Waals surface area contributed by atoms with Gasteiger partial charge in [0.25, 0.3) is 0 Å². The van der Waals surface area contributed by atoms with Crippen LogP contribution in [0.5, 0.6) is 0 Å². The van der Waals surface area contributed by atoms with E-state index < -0.39 is 5.97 Å². The van der Waals surface area contributed by atoms with Crippen LogP contribution in [0.2, 0.25) is 5.02 Å². The van der Waals surface area contributed by atoms with Crippen molar-refractivity contribution in [1.82, 2.24) is 15.1 Å². The third kappa shape index (κ3) is 5.19. The summed E-state index contributed by atoms with van der Waals surface area (Å²) in [5.74, 6) is -0.403. The Morgan fingerprint density at radius 3 is 2.67 bits per heavy atom. The second kappa shape index (κ2) is 10.1. The molecule has 2 N–H and O–H groups in total. The number of nitrogens with one attached hydrogen (secondary N) is 2. The molecule has 2 heterocycles. The lowest BCUT2D eigenvalue weighted by molar-refractivity contribution is 0.0602. The fourth-order valence-corrected chi connectivity index (χ4v) is 4.42. The number of hydrogen-bond acceptors (Lipinski definition) is 5. The summed E-state index contributed by atoms with van der Waals surface area (Å²) in [6.07, 6.45) is 0.823. The van der Waals surface area contributed by atoms with E-state index in [1.807, 2.05) is 54.9 Å². The predicted molar refractivity (Wildman–Crippen MR) is 127 cm³/mol. The van der Waals surface area contributed by atoms with Crippen LogP contribution in [0.25, 0.3) is 10.4 Å². The summed E-state index contributed by atoms with van der Waals surface area (Å²) in [5.41, 5.74) is 3.29. The normalized spacial score (nSPS) is 10.7. The monoisotopic (exact) mass is 462 g/mol. The number of aryl methyl sites for hydroxylation is 2. The van der Waals surface area contributed by atoms with Crippen LogP contribution in [0, 0.1) is 13.8 Å². The van der Waals surface area contributed by atoms with Gasteiger partial charge in [-0.1, -0.05) is 41.9 Å². The quantitative estimate of drug-likeness (QED) is 0.291. The minimum absolute atomic E-state index is 0.403. The maximum absolute atomic E-state index is 12.2. The maximum Gasteiger partial charge on any atom is 0.340 e. The van der Waals surface area contributed by atoms with Crippen LogP contribution in [-0.4, -0.2) is 34.5 Å². The Bertz CT molecular complexity index is 1050. The molecule has 0 amide bonds. The van der Waals surface area contributed by atoms with Gasteiger partial charge in [-0.3, -0.25) is 4.68 Å². The summed E-state index contributed by atoms with van der Waals surface area (Å²) in [4.78, 5) is 13.2. The summed E-state index contributed by atoms with van der Waals surface area (Å²) >= 11 is 13.1. The highest BCUT2D eigenvalue weighted by Gasteiger charge is 2.18. The van der Waals surface area contributed by atoms with Crippen LogP contribution < -0.4 is 10.6 Å². The summed E-state index contributed by atoms with van der Waals surface area (Å²) < 4.78 is 6.82. The number of benzene rings is 1. The number of anilines is 1. The van der Waals surface area contributed by atoms with E-state index in [2.05, 4.69) is 15.7 Å². The average molecular weight is 463 g/mol. The van der Waals surface area contributed by atoms with Gasteiger partial charge in [0.1, 0.15) is 5.00 Å². The average Bonchev–Trinajstić information content (AvgIpc) is 3.28.